The molecule has 0 aliphatic heterocycles. The van der Waals surface area contributed by atoms with Crippen LogP contribution in [0.2, 0.25) is 0 Å². The van der Waals surface area contributed by atoms with Crippen molar-refractivity contribution < 1.29 is 14.0 Å². The van der Waals surface area contributed by atoms with E-state index in [-0.39, 0.29) is 10.4 Å². The first-order chi connectivity index (χ1) is 5.49. The Morgan fingerprint density at radius 2 is 2.08 bits per heavy atom. The van der Waals surface area contributed by atoms with Crippen molar-refractivity contribution in [3.05, 3.63) is 0 Å². The molecule has 6 heteroatoms. The normalized spacial score (nSPS) is 13.7. The average Bonchev–Trinajstić information content (AvgIpc) is 1.98. The number of hydrogen-bond acceptors (Lipinski definition) is 3. The molecule has 0 aliphatic carbocycles. The Labute approximate surface area is 77.7 Å². The molecule has 0 spiro atoms. The number of hydrogen-bond donors (Lipinski definition) is 4. The topological polar surface area (TPSA) is 93.4 Å². The van der Waals surface area contributed by atoms with Crippen LogP contribution in [0, 0.1) is 11.3 Å². The van der Waals surface area contributed by atoms with Gasteiger partial charge in [-0.2, -0.15) is 0 Å². The molecule has 0 fully saturated rings. The Bertz CT molecular complexity index is 184. The van der Waals surface area contributed by atoms with E-state index in [1.54, 1.807) is 13.8 Å². The first-order valence-corrected chi connectivity index (χ1v) is 5.45. The molecule has 0 saturated carbocycles. The first kappa shape index (κ1) is 11.5. The molecule has 4 N–H and O–H groups in total. The molecule has 12 heavy (non-hydrogen) atoms. The van der Waals surface area contributed by atoms with Crippen LogP contribution < -0.4 is 5.32 Å². The minimum atomic E-state index is -1.42. The third-order valence-corrected chi connectivity index (χ3v) is 2.54. The van der Waals surface area contributed by atoms with Crippen LogP contribution in [0.5, 0.6) is 0 Å². The van der Waals surface area contributed by atoms with Crippen LogP contribution in [-0.4, -0.2) is 41.9 Å². The molecule has 0 radical (unpaired) electrons. The van der Waals surface area contributed by atoms with Gasteiger partial charge in [0.25, 0.3) is 0 Å². The van der Waals surface area contributed by atoms with E-state index in [4.69, 9.17) is 14.6 Å². The molecule has 0 saturated heterocycles. The molecule has 70 valence electrons. The maximum atomic E-state index is 10.3. The van der Waals surface area contributed by atoms with Gasteiger partial charge in [0.2, 0.25) is 0 Å². The summed E-state index contributed by atoms with van der Waals surface area (Å²) >= 11 is -1.42. The zero-order valence-corrected chi connectivity index (χ0v) is 9.06. The Balaban J connectivity index is 4.23. The van der Waals surface area contributed by atoms with E-state index in [1.165, 1.54) is 0 Å². The van der Waals surface area contributed by atoms with E-state index in [1.807, 2.05) is 0 Å². The Morgan fingerprint density at radius 1 is 1.58 bits per heavy atom. The van der Waals surface area contributed by atoms with E-state index in [9.17, 15) is 4.79 Å². The van der Waals surface area contributed by atoms with Gasteiger partial charge in [0.15, 0.2) is 0 Å². The van der Waals surface area contributed by atoms with Crippen LogP contribution >= 0.6 is 0 Å². The van der Waals surface area contributed by atoms with Gasteiger partial charge in [-0.05, 0) is 0 Å². The van der Waals surface area contributed by atoms with E-state index in [0.717, 1.165) is 0 Å². The second-order valence-electron chi connectivity index (χ2n) is 2.70. The molecule has 0 heterocycles. The third kappa shape index (κ3) is 3.74. The van der Waals surface area contributed by atoms with Gasteiger partial charge in [-0.25, -0.2) is 0 Å². The zero-order chi connectivity index (χ0) is 9.72. The van der Waals surface area contributed by atoms with Crippen molar-refractivity contribution in [2.75, 3.05) is 0 Å². The maximum absolute atomic E-state index is 10.3. The molecule has 0 aromatic heterocycles. The summed E-state index contributed by atoms with van der Waals surface area (Å²) in [6, 6.07) is -0.535. The quantitative estimate of drug-likeness (QED) is 0.395. The Morgan fingerprint density at radius 3 is 2.33 bits per heavy atom. The molecule has 2 unspecified atom stereocenters. The van der Waals surface area contributed by atoms with E-state index in [2.05, 4.69) is 5.32 Å². The second-order valence-corrected chi connectivity index (χ2v) is 4.30. The summed E-state index contributed by atoms with van der Waals surface area (Å²) in [5.41, 5.74) is 0. The number of nitrogens with one attached hydrogen (secondary N) is 2. The van der Waals surface area contributed by atoms with Crippen LogP contribution in [0.3, 0.4) is 0 Å². The standard InChI is InChI=1S/C6H13AsN2O3/c1-3(2)4(5(8)7-12)9-6(10)11/h3-4,7-9,12H,1-2H3,(H,10,11). The van der Waals surface area contributed by atoms with Crippen molar-refractivity contribution in [1.29, 1.82) is 5.41 Å². The average molecular weight is 236 g/mol. The fourth-order valence-electron chi connectivity index (χ4n) is 0.775. The zero-order valence-electron chi connectivity index (χ0n) is 6.96. The van der Waals surface area contributed by atoms with Crippen molar-refractivity contribution in [1.82, 2.24) is 5.32 Å². The molecule has 1 amide bonds. The van der Waals surface area contributed by atoms with Crippen molar-refractivity contribution >= 4 is 26.7 Å². The molecule has 0 aromatic rings. The number of carboxylic acid groups (broad SMARTS) is 1. The molecular formula is C6H13AsN2O3. The number of rotatable bonds is 4. The van der Waals surface area contributed by atoms with Crippen molar-refractivity contribution in [3.63, 3.8) is 0 Å². The molecule has 5 nitrogen and oxygen atoms in total. The van der Waals surface area contributed by atoms with E-state index >= 15 is 0 Å². The summed E-state index contributed by atoms with van der Waals surface area (Å²) in [7, 11) is 0. The SMILES string of the molecule is CC(C)C(NC(=O)O)C(=N)[AsH]O. The predicted molar refractivity (Wildman–Crippen MR) is 46.9 cm³/mol. The summed E-state index contributed by atoms with van der Waals surface area (Å²) < 4.78 is 8.85. The Kier molecular flexibility index (Phi) is 4.93. The molecular weight excluding hydrogens is 223 g/mol. The molecule has 0 aromatic carbocycles. The third-order valence-electron chi connectivity index (χ3n) is 1.38. The molecule has 0 bridgehead atoms. The molecule has 0 aliphatic rings. The van der Waals surface area contributed by atoms with Gasteiger partial charge in [-0.1, -0.05) is 0 Å². The summed E-state index contributed by atoms with van der Waals surface area (Å²) in [5, 5.41) is 17.9. The Hall–Kier alpha value is -0.542. The van der Waals surface area contributed by atoms with Crippen LogP contribution in [0.25, 0.3) is 0 Å². The number of amides is 1. The van der Waals surface area contributed by atoms with Crippen molar-refractivity contribution in [2.45, 2.75) is 19.9 Å². The van der Waals surface area contributed by atoms with Gasteiger partial charge in [0.1, 0.15) is 0 Å². The molecule has 0 rings (SSSR count). The summed E-state index contributed by atoms with van der Waals surface area (Å²) in [5.74, 6) is 0.00417. The fraction of sp³-hybridized carbons (Fsp3) is 0.667. The van der Waals surface area contributed by atoms with Crippen LogP contribution in [0.15, 0.2) is 0 Å². The van der Waals surface area contributed by atoms with E-state index < -0.39 is 28.2 Å². The first-order valence-electron chi connectivity index (χ1n) is 3.47. The van der Waals surface area contributed by atoms with Crippen LogP contribution in [-0.2, 0) is 0 Å². The van der Waals surface area contributed by atoms with Gasteiger partial charge in [0.05, 0.1) is 0 Å². The van der Waals surface area contributed by atoms with Crippen LogP contribution in [0.1, 0.15) is 13.8 Å². The molecule has 2 atom stereocenters. The minimum absolute atomic E-state index is 0.00417. The summed E-state index contributed by atoms with van der Waals surface area (Å²) in [4.78, 5) is 10.3. The van der Waals surface area contributed by atoms with Gasteiger partial charge in [-0.15, -0.1) is 0 Å². The van der Waals surface area contributed by atoms with Gasteiger partial charge in [-0.3, -0.25) is 0 Å². The van der Waals surface area contributed by atoms with Gasteiger partial charge in [0, 0.05) is 0 Å². The fourth-order valence-corrected chi connectivity index (χ4v) is 1.92. The second kappa shape index (κ2) is 5.17. The summed E-state index contributed by atoms with van der Waals surface area (Å²) in [6.07, 6.45) is -1.15. The van der Waals surface area contributed by atoms with Gasteiger partial charge >= 0.3 is 77.2 Å². The van der Waals surface area contributed by atoms with E-state index in [0.29, 0.717) is 0 Å². The predicted octanol–water partition coefficient (Wildman–Crippen LogP) is -0.400. The number of carbonyl (C=O) groups is 1. The van der Waals surface area contributed by atoms with Crippen molar-refractivity contribution in [2.24, 2.45) is 5.92 Å². The monoisotopic (exact) mass is 236 g/mol. The van der Waals surface area contributed by atoms with Crippen molar-refractivity contribution in [3.8, 4) is 0 Å². The van der Waals surface area contributed by atoms with Gasteiger partial charge < -0.3 is 0 Å². The van der Waals surface area contributed by atoms with Crippen LogP contribution in [0.4, 0.5) is 4.79 Å². The summed E-state index contributed by atoms with van der Waals surface area (Å²) in [6.45, 7) is 3.61.